The van der Waals surface area contributed by atoms with Gasteiger partial charge in [-0.3, -0.25) is 4.79 Å². The van der Waals surface area contributed by atoms with Gasteiger partial charge in [0.2, 0.25) is 5.91 Å². The lowest BCUT2D eigenvalue weighted by Gasteiger charge is -2.12. The lowest BCUT2D eigenvalue weighted by atomic mass is 10.2. The molecule has 2 heterocycles. The van der Waals surface area contributed by atoms with Gasteiger partial charge in [0.1, 0.15) is 5.69 Å². The van der Waals surface area contributed by atoms with Crippen LogP contribution in [0.2, 0.25) is 0 Å². The Balaban J connectivity index is 1.45. The first-order chi connectivity index (χ1) is 15.0. The maximum atomic E-state index is 12.6. The molecular weight excluding hydrogens is 416 g/mol. The predicted octanol–water partition coefficient (Wildman–Crippen LogP) is 4.36. The summed E-state index contributed by atoms with van der Waals surface area (Å²) in [5.74, 6) is 1.35. The summed E-state index contributed by atoms with van der Waals surface area (Å²) in [6, 6.07) is 15.2. The number of hydrogen-bond donors (Lipinski definition) is 1. The number of aryl methyl sites for hydroxylation is 1. The molecule has 0 saturated carbocycles. The minimum Gasteiger partial charge on any atom is -0.493 e. The highest BCUT2D eigenvalue weighted by Gasteiger charge is 2.20. The molecule has 2 aromatic carbocycles. The third-order valence-electron chi connectivity index (χ3n) is 4.88. The Labute approximate surface area is 183 Å². The second-order valence-corrected chi connectivity index (χ2v) is 8.13. The number of carbonyl (C=O) groups is 1. The van der Waals surface area contributed by atoms with Crippen LogP contribution in [0.4, 0.5) is 5.69 Å². The van der Waals surface area contributed by atoms with Gasteiger partial charge < -0.3 is 23.8 Å². The van der Waals surface area contributed by atoms with Crippen molar-refractivity contribution in [3.63, 3.8) is 0 Å². The smallest absolute Gasteiger partial charge is 0.277 e. The van der Waals surface area contributed by atoms with Gasteiger partial charge in [0.25, 0.3) is 11.1 Å². The maximum Gasteiger partial charge on any atom is 0.277 e. The Bertz CT molecular complexity index is 1230. The monoisotopic (exact) mass is 438 g/mol. The van der Waals surface area contributed by atoms with Gasteiger partial charge in [0, 0.05) is 29.7 Å². The standard InChI is InChI=1S/C22H22N4O4S/c1-13(20(27)23-15-9-10-18(28-3)19(12-15)29-4)31-22-25-24-21(30-22)17-11-14-7-5-6-8-16(14)26(17)2/h5-13H,1-4H3,(H,23,27)/t13-/m1/s1. The number of benzene rings is 2. The number of methoxy groups -OCH3 is 2. The Morgan fingerprint density at radius 3 is 2.61 bits per heavy atom. The van der Waals surface area contributed by atoms with Gasteiger partial charge in [-0.25, -0.2) is 0 Å². The number of carbonyl (C=O) groups excluding carboxylic acids is 1. The first kappa shape index (κ1) is 20.8. The molecule has 1 N–H and O–H groups in total. The zero-order valence-electron chi connectivity index (χ0n) is 17.6. The molecule has 9 heteroatoms. The summed E-state index contributed by atoms with van der Waals surface area (Å²) in [7, 11) is 5.06. The van der Waals surface area contributed by atoms with E-state index in [0.717, 1.165) is 16.6 Å². The quantitative estimate of drug-likeness (QED) is 0.429. The number of anilines is 1. The molecule has 1 atom stereocenters. The van der Waals surface area contributed by atoms with E-state index in [1.807, 2.05) is 41.9 Å². The Kier molecular flexibility index (Phi) is 5.85. The van der Waals surface area contributed by atoms with Crippen LogP contribution in [0.3, 0.4) is 0 Å². The summed E-state index contributed by atoms with van der Waals surface area (Å²) >= 11 is 1.20. The molecule has 0 aliphatic carbocycles. The number of para-hydroxylation sites is 1. The average molecular weight is 439 g/mol. The summed E-state index contributed by atoms with van der Waals surface area (Å²) in [6.45, 7) is 1.78. The van der Waals surface area contributed by atoms with Gasteiger partial charge in [0.15, 0.2) is 11.5 Å². The van der Waals surface area contributed by atoms with Crippen molar-refractivity contribution in [2.75, 3.05) is 19.5 Å². The van der Waals surface area contributed by atoms with Gasteiger partial charge in [0.05, 0.1) is 19.5 Å². The highest BCUT2D eigenvalue weighted by atomic mass is 32.2. The second-order valence-electron chi connectivity index (χ2n) is 6.84. The molecule has 0 bridgehead atoms. The largest absolute Gasteiger partial charge is 0.493 e. The SMILES string of the molecule is COc1ccc(NC(=O)[C@@H](C)Sc2nnc(-c3cc4ccccc4n3C)o2)cc1OC. The van der Waals surface area contributed by atoms with Gasteiger partial charge in [-0.1, -0.05) is 30.0 Å². The number of hydrogen-bond acceptors (Lipinski definition) is 7. The lowest BCUT2D eigenvalue weighted by Crippen LogP contribution is -2.22. The average Bonchev–Trinajstić information content (AvgIpc) is 3.38. The van der Waals surface area contributed by atoms with E-state index in [2.05, 4.69) is 15.5 Å². The minimum atomic E-state index is -0.450. The zero-order chi connectivity index (χ0) is 22.0. The van der Waals surface area contributed by atoms with Crippen LogP contribution in [-0.4, -0.2) is 40.1 Å². The topological polar surface area (TPSA) is 91.4 Å². The minimum absolute atomic E-state index is 0.193. The van der Waals surface area contributed by atoms with Crippen LogP contribution in [0.5, 0.6) is 11.5 Å². The number of amides is 1. The van der Waals surface area contributed by atoms with Crippen molar-refractivity contribution in [2.24, 2.45) is 7.05 Å². The van der Waals surface area contributed by atoms with E-state index >= 15 is 0 Å². The van der Waals surface area contributed by atoms with Crippen molar-refractivity contribution in [3.8, 4) is 23.1 Å². The molecule has 0 aliphatic heterocycles. The zero-order valence-corrected chi connectivity index (χ0v) is 18.4. The molecule has 31 heavy (non-hydrogen) atoms. The van der Waals surface area contributed by atoms with Crippen LogP contribution in [0, 0.1) is 0 Å². The lowest BCUT2D eigenvalue weighted by molar-refractivity contribution is -0.115. The number of nitrogens with one attached hydrogen (secondary N) is 1. The van der Waals surface area contributed by atoms with Gasteiger partial charge >= 0.3 is 0 Å². The Morgan fingerprint density at radius 1 is 1.10 bits per heavy atom. The van der Waals surface area contributed by atoms with Crippen molar-refractivity contribution < 1.29 is 18.7 Å². The molecule has 0 spiro atoms. The number of nitrogens with zero attached hydrogens (tertiary/aromatic N) is 3. The molecule has 0 saturated heterocycles. The van der Waals surface area contributed by atoms with Crippen LogP contribution in [0.25, 0.3) is 22.5 Å². The number of fused-ring (bicyclic) bond motifs is 1. The number of aromatic nitrogens is 3. The van der Waals surface area contributed by atoms with Gasteiger partial charge in [-0.05, 0) is 31.2 Å². The molecule has 0 unspecified atom stereocenters. The van der Waals surface area contributed by atoms with Crippen LogP contribution in [-0.2, 0) is 11.8 Å². The summed E-state index contributed by atoms with van der Waals surface area (Å²) in [4.78, 5) is 12.6. The Hall–Kier alpha value is -3.46. The van der Waals surface area contributed by atoms with Crippen molar-refractivity contribution in [3.05, 3.63) is 48.5 Å². The van der Waals surface area contributed by atoms with Crippen molar-refractivity contribution in [1.82, 2.24) is 14.8 Å². The summed E-state index contributed by atoms with van der Waals surface area (Å²) in [5, 5.41) is 12.1. The molecular formula is C22H22N4O4S. The summed E-state index contributed by atoms with van der Waals surface area (Å²) in [5.41, 5.74) is 2.51. The first-order valence-electron chi connectivity index (χ1n) is 9.58. The fraction of sp³-hybridized carbons (Fsp3) is 0.227. The van der Waals surface area contributed by atoms with Crippen LogP contribution in [0.1, 0.15) is 6.92 Å². The van der Waals surface area contributed by atoms with E-state index < -0.39 is 5.25 Å². The third-order valence-corrected chi connectivity index (χ3v) is 5.81. The summed E-state index contributed by atoms with van der Waals surface area (Å²) < 4.78 is 18.3. The van der Waals surface area contributed by atoms with Gasteiger partial charge in [-0.15, -0.1) is 10.2 Å². The molecule has 160 valence electrons. The fourth-order valence-corrected chi connectivity index (χ4v) is 3.90. The third kappa shape index (κ3) is 4.22. The van der Waals surface area contributed by atoms with Gasteiger partial charge in [-0.2, -0.15) is 0 Å². The van der Waals surface area contributed by atoms with E-state index in [1.165, 1.54) is 11.8 Å². The molecule has 0 radical (unpaired) electrons. The number of thioether (sulfide) groups is 1. The van der Waals surface area contributed by atoms with E-state index in [1.54, 1.807) is 39.3 Å². The van der Waals surface area contributed by atoms with E-state index in [4.69, 9.17) is 13.9 Å². The molecule has 4 rings (SSSR count). The van der Waals surface area contributed by atoms with E-state index in [0.29, 0.717) is 28.3 Å². The fourth-order valence-electron chi connectivity index (χ4n) is 3.22. The molecule has 0 aliphatic rings. The summed E-state index contributed by atoms with van der Waals surface area (Å²) in [6.07, 6.45) is 0. The molecule has 2 aromatic heterocycles. The van der Waals surface area contributed by atoms with Crippen LogP contribution in [0.15, 0.2) is 58.2 Å². The predicted molar refractivity (Wildman–Crippen MR) is 120 cm³/mol. The highest BCUT2D eigenvalue weighted by molar-refractivity contribution is 8.00. The normalized spacial score (nSPS) is 12.0. The molecule has 1 amide bonds. The number of rotatable bonds is 7. The first-order valence-corrected chi connectivity index (χ1v) is 10.5. The van der Waals surface area contributed by atoms with Crippen molar-refractivity contribution in [2.45, 2.75) is 17.4 Å². The van der Waals surface area contributed by atoms with Crippen molar-refractivity contribution in [1.29, 1.82) is 0 Å². The maximum absolute atomic E-state index is 12.6. The van der Waals surface area contributed by atoms with Crippen LogP contribution >= 0.6 is 11.8 Å². The van der Waals surface area contributed by atoms with Crippen LogP contribution < -0.4 is 14.8 Å². The van der Waals surface area contributed by atoms with Crippen molar-refractivity contribution >= 4 is 34.3 Å². The number of ether oxygens (including phenoxy) is 2. The molecule has 8 nitrogen and oxygen atoms in total. The highest BCUT2D eigenvalue weighted by Crippen LogP contribution is 2.32. The van der Waals surface area contributed by atoms with E-state index in [9.17, 15) is 4.79 Å². The Morgan fingerprint density at radius 2 is 1.87 bits per heavy atom. The molecule has 4 aromatic rings. The second kappa shape index (κ2) is 8.73. The molecule has 0 fully saturated rings. The van der Waals surface area contributed by atoms with E-state index in [-0.39, 0.29) is 5.91 Å².